The predicted molar refractivity (Wildman–Crippen MR) is 79.8 cm³/mol. The van der Waals surface area contributed by atoms with Gasteiger partial charge in [-0.05, 0) is 31.5 Å². The highest BCUT2D eigenvalue weighted by Crippen LogP contribution is 2.26. The summed E-state index contributed by atoms with van der Waals surface area (Å²) in [6.07, 6.45) is 0. The van der Waals surface area contributed by atoms with Gasteiger partial charge in [-0.15, -0.1) is 0 Å². The molecule has 0 aliphatic rings. The van der Waals surface area contributed by atoms with Crippen molar-refractivity contribution >= 4 is 11.8 Å². The molecule has 4 nitrogen and oxygen atoms in total. The van der Waals surface area contributed by atoms with E-state index in [9.17, 15) is 4.79 Å². The minimum absolute atomic E-state index is 0.322. The van der Waals surface area contributed by atoms with Crippen molar-refractivity contribution in [2.24, 2.45) is 0 Å². The Kier molecular flexibility index (Phi) is 4.71. The van der Waals surface area contributed by atoms with Crippen LogP contribution in [0.4, 0.5) is 5.82 Å². The van der Waals surface area contributed by atoms with Gasteiger partial charge in [0.2, 0.25) is 0 Å². The number of anilines is 1. The summed E-state index contributed by atoms with van der Waals surface area (Å²) in [4.78, 5) is 16.1. The second-order valence-electron chi connectivity index (χ2n) is 4.21. The fourth-order valence-corrected chi connectivity index (χ4v) is 1.93. The minimum Gasteiger partial charge on any atom is -0.461 e. The van der Waals surface area contributed by atoms with Gasteiger partial charge in [0.1, 0.15) is 5.82 Å². The number of rotatable bonds is 5. The summed E-state index contributed by atoms with van der Waals surface area (Å²) in [5, 5.41) is 3.19. The van der Waals surface area contributed by atoms with Crippen LogP contribution >= 0.6 is 0 Å². The third kappa shape index (κ3) is 3.15. The van der Waals surface area contributed by atoms with Crippen LogP contribution < -0.4 is 5.32 Å². The van der Waals surface area contributed by atoms with E-state index < -0.39 is 5.97 Å². The highest BCUT2D eigenvalue weighted by molar-refractivity contribution is 5.89. The molecule has 0 radical (unpaired) electrons. The maximum absolute atomic E-state index is 11.7. The smallest absolute Gasteiger partial charge is 0.356 e. The van der Waals surface area contributed by atoms with Crippen molar-refractivity contribution in [2.45, 2.75) is 13.8 Å². The second kappa shape index (κ2) is 6.70. The second-order valence-corrected chi connectivity index (χ2v) is 4.21. The Morgan fingerprint density at radius 2 is 1.90 bits per heavy atom. The number of carbonyl (C=O) groups is 1. The maximum Gasteiger partial charge on any atom is 0.356 e. The van der Waals surface area contributed by atoms with Crippen LogP contribution in [0.1, 0.15) is 24.3 Å². The summed E-state index contributed by atoms with van der Waals surface area (Å²) in [6, 6.07) is 13.5. The van der Waals surface area contributed by atoms with Gasteiger partial charge in [0.25, 0.3) is 0 Å². The monoisotopic (exact) mass is 270 g/mol. The van der Waals surface area contributed by atoms with Gasteiger partial charge in [0.15, 0.2) is 5.69 Å². The lowest BCUT2D eigenvalue weighted by atomic mass is 10.1. The van der Waals surface area contributed by atoms with Gasteiger partial charge in [-0.2, -0.15) is 0 Å². The standard InChI is InChI=1S/C16H18N2O2/c1-3-17-15-13(12-8-6-5-7-9-12)10-11-14(18-15)16(19)20-4-2/h5-11H,3-4H2,1-2H3,(H,17,18). The lowest BCUT2D eigenvalue weighted by molar-refractivity contribution is 0.0519. The zero-order valence-electron chi connectivity index (χ0n) is 11.7. The number of ether oxygens (including phenoxy) is 1. The molecule has 0 amide bonds. The lowest BCUT2D eigenvalue weighted by Gasteiger charge is -2.11. The third-order valence-electron chi connectivity index (χ3n) is 2.81. The number of carbonyl (C=O) groups excluding carboxylic acids is 1. The molecule has 1 heterocycles. The van der Waals surface area contributed by atoms with Crippen molar-refractivity contribution in [3.8, 4) is 11.1 Å². The van der Waals surface area contributed by atoms with Gasteiger partial charge in [0.05, 0.1) is 6.61 Å². The van der Waals surface area contributed by atoms with E-state index in [4.69, 9.17) is 4.74 Å². The topological polar surface area (TPSA) is 51.2 Å². The molecule has 2 rings (SSSR count). The van der Waals surface area contributed by atoms with E-state index in [0.717, 1.165) is 17.7 Å². The molecule has 0 spiro atoms. The summed E-state index contributed by atoms with van der Waals surface area (Å²) in [6.45, 7) is 4.85. The molecule has 0 unspecified atom stereocenters. The number of hydrogen-bond acceptors (Lipinski definition) is 4. The van der Waals surface area contributed by atoms with E-state index >= 15 is 0 Å². The molecule has 0 aliphatic heterocycles. The number of hydrogen-bond donors (Lipinski definition) is 1. The van der Waals surface area contributed by atoms with E-state index in [-0.39, 0.29) is 0 Å². The number of nitrogens with zero attached hydrogens (tertiary/aromatic N) is 1. The Bertz CT molecular complexity index is 582. The molecular formula is C16H18N2O2. The van der Waals surface area contributed by atoms with Gasteiger partial charge in [-0.3, -0.25) is 0 Å². The van der Waals surface area contributed by atoms with E-state index in [0.29, 0.717) is 18.1 Å². The Morgan fingerprint density at radius 1 is 1.15 bits per heavy atom. The Morgan fingerprint density at radius 3 is 2.55 bits per heavy atom. The molecule has 1 aromatic heterocycles. The fourth-order valence-electron chi connectivity index (χ4n) is 1.93. The van der Waals surface area contributed by atoms with Gasteiger partial charge >= 0.3 is 5.97 Å². The van der Waals surface area contributed by atoms with E-state index in [1.165, 1.54) is 0 Å². The number of nitrogens with one attached hydrogen (secondary N) is 1. The zero-order chi connectivity index (χ0) is 14.4. The lowest BCUT2D eigenvalue weighted by Crippen LogP contribution is -2.10. The first-order valence-corrected chi connectivity index (χ1v) is 6.73. The minimum atomic E-state index is -0.397. The molecule has 0 fully saturated rings. The highest BCUT2D eigenvalue weighted by Gasteiger charge is 2.12. The molecule has 0 aliphatic carbocycles. The first-order valence-electron chi connectivity index (χ1n) is 6.73. The Labute approximate surface area is 118 Å². The molecule has 0 saturated carbocycles. The number of aromatic nitrogens is 1. The van der Waals surface area contributed by atoms with Crippen LogP contribution in [0.15, 0.2) is 42.5 Å². The normalized spacial score (nSPS) is 10.1. The van der Waals surface area contributed by atoms with Gasteiger partial charge in [0, 0.05) is 12.1 Å². The molecule has 0 atom stereocenters. The van der Waals surface area contributed by atoms with Gasteiger partial charge in [-0.25, -0.2) is 9.78 Å². The molecule has 2 aromatic rings. The average Bonchev–Trinajstić information content (AvgIpc) is 2.49. The van der Waals surface area contributed by atoms with Crippen molar-refractivity contribution in [1.82, 2.24) is 4.98 Å². The van der Waals surface area contributed by atoms with Crippen LogP contribution in [0.2, 0.25) is 0 Å². The number of esters is 1. The summed E-state index contributed by atoms with van der Waals surface area (Å²) in [7, 11) is 0. The summed E-state index contributed by atoms with van der Waals surface area (Å²) in [5.74, 6) is 0.301. The van der Waals surface area contributed by atoms with Crippen LogP contribution in [-0.2, 0) is 4.74 Å². The van der Waals surface area contributed by atoms with Crippen molar-refractivity contribution in [3.63, 3.8) is 0 Å². The summed E-state index contributed by atoms with van der Waals surface area (Å²) < 4.78 is 4.98. The highest BCUT2D eigenvalue weighted by atomic mass is 16.5. The van der Waals surface area contributed by atoms with Gasteiger partial charge in [-0.1, -0.05) is 30.3 Å². The van der Waals surface area contributed by atoms with Gasteiger partial charge < -0.3 is 10.1 Å². The van der Waals surface area contributed by atoms with Crippen LogP contribution in [0.3, 0.4) is 0 Å². The Balaban J connectivity index is 2.41. The van der Waals surface area contributed by atoms with E-state index in [1.54, 1.807) is 13.0 Å². The van der Waals surface area contributed by atoms with E-state index in [1.807, 2.05) is 43.3 Å². The molecule has 4 heteroatoms. The van der Waals surface area contributed by atoms with Crippen LogP contribution in [0.5, 0.6) is 0 Å². The summed E-state index contributed by atoms with van der Waals surface area (Å²) >= 11 is 0. The van der Waals surface area contributed by atoms with Crippen molar-refractivity contribution in [2.75, 3.05) is 18.5 Å². The molecule has 104 valence electrons. The van der Waals surface area contributed by atoms with Crippen molar-refractivity contribution in [1.29, 1.82) is 0 Å². The quantitative estimate of drug-likeness (QED) is 0.846. The molecule has 0 bridgehead atoms. The zero-order valence-corrected chi connectivity index (χ0v) is 11.7. The first kappa shape index (κ1) is 14.1. The van der Waals surface area contributed by atoms with Crippen molar-refractivity contribution < 1.29 is 9.53 Å². The first-order chi connectivity index (χ1) is 9.76. The molecular weight excluding hydrogens is 252 g/mol. The fraction of sp³-hybridized carbons (Fsp3) is 0.250. The molecule has 1 N–H and O–H groups in total. The summed E-state index contributed by atoms with van der Waals surface area (Å²) in [5.41, 5.74) is 2.36. The SMILES string of the molecule is CCNc1nc(C(=O)OCC)ccc1-c1ccccc1. The predicted octanol–water partition coefficient (Wildman–Crippen LogP) is 3.36. The molecule has 1 aromatic carbocycles. The van der Waals surface area contributed by atoms with E-state index in [2.05, 4.69) is 10.3 Å². The number of benzene rings is 1. The number of pyridine rings is 1. The Hall–Kier alpha value is -2.36. The maximum atomic E-state index is 11.7. The average molecular weight is 270 g/mol. The largest absolute Gasteiger partial charge is 0.461 e. The molecule has 20 heavy (non-hydrogen) atoms. The van der Waals surface area contributed by atoms with Crippen LogP contribution in [0, 0.1) is 0 Å². The van der Waals surface area contributed by atoms with Crippen molar-refractivity contribution in [3.05, 3.63) is 48.2 Å². The van der Waals surface area contributed by atoms with Crippen LogP contribution in [0.25, 0.3) is 11.1 Å². The van der Waals surface area contributed by atoms with Crippen LogP contribution in [-0.4, -0.2) is 24.1 Å². The third-order valence-corrected chi connectivity index (χ3v) is 2.81. The molecule has 0 saturated heterocycles.